The predicted molar refractivity (Wildman–Crippen MR) is 65.5 cm³/mol. The summed E-state index contributed by atoms with van der Waals surface area (Å²) in [6, 6.07) is 0. The van der Waals surface area contributed by atoms with Gasteiger partial charge in [0.05, 0.1) is 6.10 Å². The molecular formula is C14H22O3. The zero-order valence-corrected chi connectivity index (χ0v) is 11.4. The van der Waals surface area contributed by atoms with Crippen molar-refractivity contribution in [3.05, 3.63) is 12.2 Å². The van der Waals surface area contributed by atoms with Crippen molar-refractivity contribution < 1.29 is 14.3 Å². The van der Waals surface area contributed by atoms with Gasteiger partial charge in [-0.2, -0.15) is 0 Å². The number of carbonyl (C=O) groups is 1. The highest BCUT2D eigenvalue weighted by atomic mass is 16.6. The van der Waals surface area contributed by atoms with Gasteiger partial charge in [-0.15, -0.1) is 0 Å². The molecule has 0 aromatic heterocycles. The molecule has 0 radical (unpaired) electrons. The van der Waals surface area contributed by atoms with Crippen molar-refractivity contribution in [1.29, 1.82) is 0 Å². The minimum absolute atomic E-state index is 0.126. The van der Waals surface area contributed by atoms with Crippen LogP contribution in [-0.4, -0.2) is 23.8 Å². The summed E-state index contributed by atoms with van der Waals surface area (Å²) in [6.07, 6.45) is 1.01. The molecule has 2 aliphatic rings. The molecule has 1 aliphatic carbocycles. The summed E-state index contributed by atoms with van der Waals surface area (Å²) in [5.41, 5.74) is 0.727. The number of epoxide rings is 1. The van der Waals surface area contributed by atoms with Gasteiger partial charge < -0.3 is 9.47 Å². The maximum Gasteiger partial charge on any atom is 0.303 e. The number of allylic oxidation sites excluding steroid dienone is 1. The maximum atomic E-state index is 11.3. The third kappa shape index (κ3) is 1.81. The smallest absolute Gasteiger partial charge is 0.303 e. The van der Waals surface area contributed by atoms with Crippen molar-refractivity contribution in [2.75, 3.05) is 0 Å². The Labute approximate surface area is 103 Å². The van der Waals surface area contributed by atoms with Crippen LogP contribution in [0.3, 0.4) is 0 Å². The Morgan fingerprint density at radius 2 is 1.94 bits per heavy atom. The molecule has 0 N–H and O–H groups in total. The number of hydrogen-bond donors (Lipinski definition) is 0. The summed E-state index contributed by atoms with van der Waals surface area (Å²) in [5.74, 6) is 0.105. The molecule has 17 heavy (non-hydrogen) atoms. The fourth-order valence-electron chi connectivity index (χ4n) is 3.50. The Kier molecular flexibility index (Phi) is 2.66. The van der Waals surface area contributed by atoms with E-state index in [1.54, 1.807) is 0 Å². The quantitative estimate of drug-likeness (QED) is 0.422. The van der Waals surface area contributed by atoms with Crippen molar-refractivity contribution in [3.8, 4) is 0 Å². The number of carbonyl (C=O) groups excluding carboxylic acids is 1. The Balaban J connectivity index is 2.31. The summed E-state index contributed by atoms with van der Waals surface area (Å²) >= 11 is 0. The van der Waals surface area contributed by atoms with Crippen LogP contribution in [-0.2, 0) is 14.3 Å². The van der Waals surface area contributed by atoms with Crippen molar-refractivity contribution in [2.45, 2.75) is 58.8 Å². The fourth-order valence-corrected chi connectivity index (χ4v) is 3.50. The Morgan fingerprint density at radius 1 is 1.35 bits per heavy atom. The molecule has 1 saturated carbocycles. The highest BCUT2D eigenvalue weighted by molar-refractivity contribution is 5.66. The largest absolute Gasteiger partial charge is 0.459 e. The van der Waals surface area contributed by atoms with E-state index in [9.17, 15) is 4.79 Å². The minimum atomic E-state index is -0.291. The molecule has 3 heteroatoms. The second-order valence-electron chi connectivity index (χ2n) is 6.24. The van der Waals surface area contributed by atoms with Gasteiger partial charge in [-0.3, -0.25) is 4.79 Å². The zero-order chi connectivity index (χ0) is 13.0. The lowest BCUT2D eigenvalue weighted by molar-refractivity contribution is -0.162. The van der Waals surface area contributed by atoms with Crippen LogP contribution in [0.15, 0.2) is 12.2 Å². The van der Waals surface area contributed by atoms with Gasteiger partial charge in [0.2, 0.25) is 0 Å². The summed E-state index contributed by atoms with van der Waals surface area (Å²) in [7, 11) is 0. The number of hydrogen-bond acceptors (Lipinski definition) is 3. The highest BCUT2D eigenvalue weighted by Gasteiger charge is 2.68. The summed E-state index contributed by atoms with van der Waals surface area (Å²) in [6.45, 7) is 13.9. The van der Waals surface area contributed by atoms with Crippen molar-refractivity contribution in [1.82, 2.24) is 0 Å². The van der Waals surface area contributed by atoms with Crippen LogP contribution in [0, 0.1) is 11.3 Å². The van der Waals surface area contributed by atoms with Crippen LogP contribution in [0.1, 0.15) is 41.0 Å². The number of fused-ring (bicyclic) bond motifs is 1. The van der Waals surface area contributed by atoms with Gasteiger partial charge in [0.15, 0.2) is 0 Å². The molecule has 3 nitrogen and oxygen atoms in total. The molecular weight excluding hydrogens is 216 g/mol. The molecule has 0 unspecified atom stereocenters. The Morgan fingerprint density at radius 3 is 2.41 bits per heavy atom. The van der Waals surface area contributed by atoms with Crippen LogP contribution in [0.25, 0.3) is 0 Å². The first-order valence-electron chi connectivity index (χ1n) is 6.20. The van der Waals surface area contributed by atoms with Crippen LogP contribution >= 0.6 is 0 Å². The molecule has 0 aromatic carbocycles. The van der Waals surface area contributed by atoms with E-state index in [1.165, 1.54) is 6.92 Å². The zero-order valence-electron chi connectivity index (χ0n) is 11.4. The molecule has 0 bridgehead atoms. The maximum absolute atomic E-state index is 11.3. The first-order chi connectivity index (χ1) is 7.69. The molecule has 0 amide bonds. The Hall–Kier alpha value is -0.830. The van der Waals surface area contributed by atoms with E-state index in [0.717, 1.165) is 12.0 Å². The topological polar surface area (TPSA) is 38.8 Å². The molecule has 1 heterocycles. The molecule has 2 rings (SSSR count). The Bertz CT molecular complexity index is 372. The van der Waals surface area contributed by atoms with Gasteiger partial charge in [-0.05, 0) is 26.2 Å². The van der Waals surface area contributed by atoms with E-state index in [1.807, 2.05) is 13.8 Å². The second kappa shape index (κ2) is 3.58. The highest BCUT2D eigenvalue weighted by Crippen LogP contribution is 2.59. The summed E-state index contributed by atoms with van der Waals surface area (Å²) in [4.78, 5) is 11.3. The first-order valence-corrected chi connectivity index (χ1v) is 6.20. The van der Waals surface area contributed by atoms with Crippen LogP contribution in [0.2, 0.25) is 0 Å². The van der Waals surface area contributed by atoms with Gasteiger partial charge in [0, 0.05) is 12.3 Å². The number of rotatable bonds is 2. The molecule has 1 saturated heterocycles. The average molecular weight is 238 g/mol. The van der Waals surface area contributed by atoms with Gasteiger partial charge in [0.25, 0.3) is 0 Å². The monoisotopic (exact) mass is 238 g/mol. The molecule has 96 valence electrons. The van der Waals surface area contributed by atoms with Gasteiger partial charge in [0.1, 0.15) is 11.7 Å². The van der Waals surface area contributed by atoms with Crippen molar-refractivity contribution >= 4 is 5.97 Å². The van der Waals surface area contributed by atoms with Gasteiger partial charge >= 0.3 is 5.97 Å². The first kappa shape index (κ1) is 12.6. The SMILES string of the molecule is C=C(C)[C@@H]1C[C@H]2O[C@@]2(C)[C@H](OC(C)=O)C1(C)C. The minimum Gasteiger partial charge on any atom is -0.459 e. The fraction of sp³-hybridized carbons (Fsp3) is 0.786. The average Bonchev–Trinajstić information content (AvgIpc) is 2.81. The summed E-state index contributed by atoms with van der Waals surface area (Å²) in [5, 5.41) is 0. The molecule has 0 spiro atoms. The molecule has 1 aliphatic heterocycles. The standard InChI is InChI=1S/C14H22O3/c1-8(2)10-7-11-14(6,17-11)12(13(10,4)5)16-9(3)15/h10-12H,1,7H2,2-6H3/t10-,11+,12+,14+/m0/s1. The van der Waals surface area contributed by atoms with E-state index in [2.05, 4.69) is 20.4 Å². The van der Waals surface area contributed by atoms with Crippen molar-refractivity contribution in [2.24, 2.45) is 11.3 Å². The molecule has 4 atom stereocenters. The lowest BCUT2D eigenvalue weighted by Gasteiger charge is -2.45. The number of ether oxygens (including phenoxy) is 2. The molecule has 2 fully saturated rings. The van der Waals surface area contributed by atoms with E-state index >= 15 is 0 Å². The van der Waals surface area contributed by atoms with Crippen molar-refractivity contribution in [3.63, 3.8) is 0 Å². The predicted octanol–water partition coefficient (Wildman–Crippen LogP) is 2.70. The second-order valence-corrected chi connectivity index (χ2v) is 6.24. The van der Waals surface area contributed by atoms with E-state index in [0.29, 0.717) is 5.92 Å². The van der Waals surface area contributed by atoms with Crippen LogP contribution < -0.4 is 0 Å². The van der Waals surface area contributed by atoms with E-state index in [-0.39, 0.29) is 29.2 Å². The van der Waals surface area contributed by atoms with Crippen LogP contribution in [0.4, 0.5) is 0 Å². The van der Waals surface area contributed by atoms with E-state index in [4.69, 9.17) is 9.47 Å². The molecule has 0 aromatic rings. The third-order valence-electron chi connectivity index (χ3n) is 4.40. The van der Waals surface area contributed by atoms with Gasteiger partial charge in [-0.25, -0.2) is 0 Å². The normalized spacial score (nSPS) is 42.5. The van der Waals surface area contributed by atoms with Gasteiger partial charge in [-0.1, -0.05) is 26.0 Å². The number of esters is 1. The summed E-state index contributed by atoms with van der Waals surface area (Å²) < 4.78 is 11.3. The van der Waals surface area contributed by atoms with Crippen LogP contribution in [0.5, 0.6) is 0 Å². The lowest BCUT2D eigenvalue weighted by Crippen LogP contribution is -2.52. The third-order valence-corrected chi connectivity index (χ3v) is 4.40. The van der Waals surface area contributed by atoms with E-state index < -0.39 is 0 Å². The lowest BCUT2D eigenvalue weighted by atomic mass is 9.61.